The second-order valence-corrected chi connectivity index (χ2v) is 6.81. The number of aryl methyl sites for hydroxylation is 2. The first kappa shape index (κ1) is 17.4. The van der Waals surface area contributed by atoms with E-state index in [4.69, 9.17) is 0 Å². The van der Waals surface area contributed by atoms with Gasteiger partial charge in [-0.25, -0.2) is 4.39 Å². The highest BCUT2D eigenvalue weighted by molar-refractivity contribution is 5.91. The maximum atomic E-state index is 13.0. The molecule has 1 saturated heterocycles. The maximum absolute atomic E-state index is 13.0. The number of hydrogen-bond acceptors (Lipinski definition) is 2. The molecule has 0 saturated carbocycles. The molecule has 4 nitrogen and oxygen atoms in total. The van der Waals surface area contributed by atoms with Gasteiger partial charge >= 0.3 is 0 Å². The Morgan fingerprint density at radius 3 is 2.28 bits per heavy atom. The Bertz CT molecular complexity index is 717. The fourth-order valence-corrected chi connectivity index (χ4v) is 3.39. The van der Waals surface area contributed by atoms with Gasteiger partial charge in [0, 0.05) is 11.4 Å². The molecule has 0 radical (unpaired) electrons. The van der Waals surface area contributed by atoms with Crippen molar-refractivity contribution in [2.45, 2.75) is 13.8 Å². The fraction of sp³-hybridized carbons (Fsp3) is 0.350. The van der Waals surface area contributed by atoms with Gasteiger partial charge in [-0.2, -0.15) is 0 Å². The zero-order valence-electron chi connectivity index (χ0n) is 14.8. The van der Waals surface area contributed by atoms with Crippen molar-refractivity contribution in [2.24, 2.45) is 0 Å². The summed E-state index contributed by atoms with van der Waals surface area (Å²) in [6.07, 6.45) is 0. The number of anilines is 2. The molecular weight excluding hydrogens is 317 g/mol. The number of amides is 1. The van der Waals surface area contributed by atoms with Crippen LogP contribution in [0.4, 0.5) is 15.8 Å². The highest BCUT2D eigenvalue weighted by atomic mass is 19.1. The van der Waals surface area contributed by atoms with Gasteiger partial charge in [0.1, 0.15) is 5.82 Å². The highest BCUT2D eigenvalue weighted by Crippen LogP contribution is 2.15. The van der Waals surface area contributed by atoms with Crippen molar-refractivity contribution < 1.29 is 14.1 Å². The summed E-state index contributed by atoms with van der Waals surface area (Å²) in [5.74, 6) is -0.161. The lowest BCUT2D eigenvalue weighted by Crippen LogP contribution is -3.15. The van der Waals surface area contributed by atoms with E-state index in [0.717, 1.165) is 48.7 Å². The molecule has 1 fully saturated rings. The Morgan fingerprint density at radius 2 is 1.68 bits per heavy atom. The summed E-state index contributed by atoms with van der Waals surface area (Å²) in [7, 11) is 0. The zero-order chi connectivity index (χ0) is 17.8. The number of carbonyl (C=O) groups excluding carboxylic acids is 1. The minimum Gasteiger partial charge on any atom is -0.360 e. The van der Waals surface area contributed by atoms with Crippen LogP contribution in [0.3, 0.4) is 0 Å². The third-order valence-electron chi connectivity index (χ3n) is 4.58. The largest absolute Gasteiger partial charge is 0.360 e. The van der Waals surface area contributed by atoms with Crippen molar-refractivity contribution in [3.8, 4) is 0 Å². The van der Waals surface area contributed by atoms with Gasteiger partial charge < -0.3 is 15.1 Å². The van der Waals surface area contributed by atoms with E-state index in [-0.39, 0.29) is 11.7 Å². The van der Waals surface area contributed by atoms with Gasteiger partial charge in [0.2, 0.25) is 0 Å². The Morgan fingerprint density at radius 1 is 1.08 bits per heavy atom. The number of nitrogens with one attached hydrogen (secondary N) is 2. The Labute approximate surface area is 148 Å². The van der Waals surface area contributed by atoms with E-state index >= 15 is 0 Å². The summed E-state index contributed by atoms with van der Waals surface area (Å²) in [4.78, 5) is 15.8. The number of rotatable bonds is 4. The van der Waals surface area contributed by atoms with Gasteiger partial charge in [-0.1, -0.05) is 6.07 Å². The van der Waals surface area contributed by atoms with Crippen LogP contribution in [0.2, 0.25) is 0 Å². The molecule has 1 heterocycles. The summed E-state index contributed by atoms with van der Waals surface area (Å²) in [6.45, 7) is 8.08. The SMILES string of the molecule is Cc1cc(C)cc(NC(=O)C[NH+]2CCN(c3ccc(F)cc3)CC2)c1. The third-order valence-corrected chi connectivity index (χ3v) is 4.58. The van der Waals surface area contributed by atoms with Gasteiger partial charge in [-0.05, 0) is 61.4 Å². The number of quaternary nitrogens is 1. The van der Waals surface area contributed by atoms with Gasteiger partial charge in [0.25, 0.3) is 5.91 Å². The lowest BCUT2D eigenvalue weighted by molar-refractivity contribution is -0.892. The number of nitrogens with zero attached hydrogens (tertiary/aromatic N) is 1. The van der Waals surface area contributed by atoms with Crippen LogP contribution in [-0.4, -0.2) is 38.6 Å². The molecule has 2 N–H and O–H groups in total. The first-order valence-corrected chi connectivity index (χ1v) is 8.72. The van der Waals surface area contributed by atoms with E-state index < -0.39 is 0 Å². The lowest BCUT2D eigenvalue weighted by Gasteiger charge is -2.33. The number of benzene rings is 2. The van der Waals surface area contributed by atoms with Gasteiger partial charge in [-0.3, -0.25) is 4.79 Å². The van der Waals surface area contributed by atoms with Crippen LogP contribution < -0.4 is 15.1 Å². The van der Waals surface area contributed by atoms with Crippen LogP contribution in [0.25, 0.3) is 0 Å². The van der Waals surface area contributed by atoms with E-state index in [2.05, 4.69) is 16.3 Å². The zero-order valence-corrected chi connectivity index (χ0v) is 14.8. The summed E-state index contributed by atoms with van der Waals surface area (Å²) in [5.41, 5.74) is 4.21. The average molecular weight is 342 g/mol. The molecule has 0 aliphatic carbocycles. The van der Waals surface area contributed by atoms with E-state index in [9.17, 15) is 9.18 Å². The molecular formula is C20H25FN3O+. The molecule has 0 spiro atoms. The van der Waals surface area contributed by atoms with Gasteiger partial charge in [-0.15, -0.1) is 0 Å². The number of hydrogen-bond donors (Lipinski definition) is 2. The average Bonchev–Trinajstić information content (AvgIpc) is 2.55. The molecule has 1 aliphatic rings. The molecule has 2 aromatic rings. The highest BCUT2D eigenvalue weighted by Gasteiger charge is 2.22. The molecule has 3 rings (SSSR count). The molecule has 5 heteroatoms. The van der Waals surface area contributed by atoms with E-state index in [1.165, 1.54) is 17.0 Å². The molecule has 0 atom stereocenters. The quantitative estimate of drug-likeness (QED) is 0.889. The third kappa shape index (κ3) is 4.79. The lowest BCUT2D eigenvalue weighted by atomic mass is 10.1. The number of piperazine rings is 1. The Kier molecular flexibility index (Phi) is 5.34. The number of carbonyl (C=O) groups is 1. The Balaban J connectivity index is 1.50. The molecule has 1 amide bonds. The van der Waals surface area contributed by atoms with Crippen molar-refractivity contribution in [1.29, 1.82) is 0 Å². The smallest absolute Gasteiger partial charge is 0.279 e. The monoisotopic (exact) mass is 342 g/mol. The molecule has 2 aromatic carbocycles. The predicted octanol–water partition coefficient (Wildman–Crippen LogP) is 1.79. The van der Waals surface area contributed by atoms with Crippen LogP contribution in [-0.2, 0) is 4.79 Å². The van der Waals surface area contributed by atoms with Crippen LogP contribution in [0.1, 0.15) is 11.1 Å². The second kappa shape index (κ2) is 7.66. The normalized spacial score (nSPS) is 15.2. The molecule has 25 heavy (non-hydrogen) atoms. The van der Waals surface area contributed by atoms with Gasteiger partial charge in [0.05, 0.1) is 26.2 Å². The predicted molar refractivity (Wildman–Crippen MR) is 98.7 cm³/mol. The van der Waals surface area contributed by atoms with Crippen molar-refractivity contribution >= 4 is 17.3 Å². The summed E-state index contributed by atoms with van der Waals surface area (Å²) >= 11 is 0. The standard InChI is InChI=1S/C20H24FN3O/c1-15-11-16(2)13-18(12-15)22-20(25)14-23-7-9-24(10-8-23)19-5-3-17(21)4-6-19/h3-6,11-13H,7-10,14H2,1-2H3,(H,22,25)/p+1. The van der Waals surface area contributed by atoms with Crippen LogP contribution in [0.5, 0.6) is 0 Å². The second-order valence-electron chi connectivity index (χ2n) is 6.81. The molecule has 0 aromatic heterocycles. The molecule has 0 bridgehead atoms. The topological polar surface area (TPSA) is 36.8 Å². The minimum atomic E-state index is -0.212. The van der Waals surface area contributed by atoms with Crippen LogP contribution >= 0.6 is 0 Å². The molecule has 1 aliphatic heterocycles. The number of halogens is 1. The van der Waals surface area contributed by atoms with Crippen molar-refractivity contribution in [3.05, 3.63) is 59.4 Å². The molecule has 0 unspecified atom stereocenters. The Hall–Kier alpha value is -2.40. The van der Waals surface area contributed by atoms with Crippen LogP contribution in [0, 0.1) is 19.7 Å². The molecule has 132 valence electrons. The summed E-state index contributed by atoms with van der Waals surface area (Å²) in [6, 6.07) is 12.7. The van der Waals surface area contributed by atoms with E-state index in [1.807, 2.05) is 38.1 Å². The van der Waals surface area contributed by atoms with Crippen LogP contribution in [0.15, 0.2) is 42.5 Å². The summed E-state index contributed by atoms with van der Waals surface area (Å²) < 4.78 is 13.0. The first-order valence-electron chi connectivity index (χ1n) is 8.72. The first-order chi connectivity index (χ1) is 12.0. The van der Waals surface area contributed by atoms with Crippen molar-refractivity contribution in [3.63, 3.8) is 0 Å². The minimum absolute atomic E-state index is 0.0511. The van der Waals surface area contributed by atoms with Gasteiger partial charge in [0.15, 0.2) is 6.54 Å². The fourth-order valence-electron chi connectivity index (χ4n) is 3.39. The van der Waals surface area contributed by atoms with E-state index in [1.54, 1.807) is 0 Å². The van der Waals surface area contributed by atoms with E-state index in [0.29, 0.717) is 6.54 Å². The summed E-state index contributed by atoms with van der Waals surface area (Å²) in [5, 5.41) is 3.00. The van der Waals surface area contributed by atoms with Crippen molar-refractivity contribution in [1.82, 2.24) is 0 Å². The van der Waals surface area contributed by atoms with Crippen molar-refractivity contribution in [2.75, 3.05) is 42.9 Å². The maximum Gasteiger partial charge on any atom is 0.279 e.